The maximum Gasteiger partial charge on any atom is 0.269 e. The summed E-state index contributed by atoms with van der Waals surface area (Å²) < 4.78 is 5.17. The molecule has 0 aliphatic heterocycles. The minimum Gasteiger partial charge on any atom is -0.497 e. The molecule has 136 valence electrons. The Hall–Kier alpha value is -2.55. The maximum absolute atomic E-state index is 12.7. The number of rotatable bonds is 5. The molecule has 0 bridgehead atoms. The third-order valence-electron chi connectivity index (χ3n) is 3.85. The first-order valence-corrected chi connectivity index (χ1v) is 10.6. The number of carbonyl (C=O) groups excluding carboxylic acids is 1. The fourth-order valence-corrected chi connectivity index (χ4v) is 4.97. The standard InChI is InChI=1S/C19H15N3O2S3/c1-11-16(27-18(20-11)15-4-3-9-25-15)17(23)22-19-21-14(10-26-19)12-5-7-13(24-2)8-6-12/h3-10H,1-2H3,(H,21,22,23). The third kappa shape index (κ3) is 3.78. The molecule has 1 amide bonds. The number of thiophene rings is 1. The summed E-state index contributed by atoms with van der Waals surface area (Å²) in [7, 11) is 1.64. The van der Waals surface area contributed by atoms with E-state index in [1.54, 1.807) is 18.4 Å². The lowest BCUT2D eigenvalue weighted by Gasteiger charge is -2.01. The van der Waals surface area contributed by atoms with Crippen LogP contribution in [0, 0.1) is 6.92 Å². The summed E-state index contributed by atoms with van der Waals surface area (Å²) in [6.45, 7) is 1.85. The van der Waals surface area contributed by atoms with Gasteiger partial charge in [0.2, 0.25) is 0 Å². The molecule has 0 aliphatic rings. The van der Waals surface area contributed by atoms with Gasteiger partial charge in [-0.05, 0) is 42.6 Å². The van der Waals surface area contributed by atoms with Crippen LogP contribution in [0.5, 0.6) is 5.75 Å². The number of hydrogen-bond donors (Lipinski definition) is 1. The molecule has 4 rings (SSSR count). The van der Waals surface area contributed by atoms with E-state index in [1.807, 2.05) is 54.1 Å². The van der Waals surface area contributed by atoms with Crippen molar-refractivity contribution < 1.29 is 9.53 Å². The number of methoxy groups -OCH3 is 1. The predicted molar refractivity (Wildman–Crippen MR) is 112 cm³/mol. The molecule has 0 spiro atoms. The van der Waals surface area contributed by atoms with Gasteiger partial charge in [-0.2, -0.15) is 0 Å². The van der Waals surface area contributed by atoms with Gasteiger partial charge in [-0.1, -0.05) is 6.07 Å². The molecular formula is C19H15N3O2S3. The number of nitrogens with zero attached hydrogens (tertiary/aromatic N) is 2. The Labute approximate surface area is 168 Å². The highest BCUT2D eigenvalue weighted by molar-refractivity contribution is 7.22. The van der Waals surface area contributed by atoms with Crippen LogP contribution in [0.3, 0.4) is 0 Å². The number of thiazole rings is 2. The first-order chi connectivity index (χ1) is 13.1. The summed E-state index contributed by atoms with van der Waals surface area (Å²) in [5, 5.41) is 8.25. The normalized spacial score (nSPS) is 10.7. The highest BCUT2D eigenvalue weighted by Crippen LogP contribution is 2.32. The quantitative estimate of drug-likeness (QED) is 0.465. The summed E-state index contributed by atoms with van der Waals surface area (Å²) >= 11 is 4.42. The van der Waals surface area contributed by atoms with Crippen LogP contribution in [0.4, 0.5) is 5.13 Å². The van der Waals surface area contributed by atoms with Gasteiger partial charge in [-0.15, -0.1) is 34.0 Å². The molecule has 4 aromatic rings. The Morgan fingerprint density at radius 2 is 1.93 bits per heavy atom. The van der Waals surface area contributed by atoms with Crippen LogP contribution in [-0.4, -0.2) is 23.0 Å². The van der Waals surface area contributed by atoms with Gasteiger partial charge in [-0.25, -0.2) is 9.97 Å². The summed E-state index contributed by atoms with van der Waals surface area (Å²) in [5.74, 6) is 0.619. The van der Waals surface area contributed by atoms with Gasteiger partial charge in [-0.3, -0.25) is 10.1 Å². The second-order valence-electron chi connectivity index (χ2n) is 5.63. The number of aryl methyl sites for hydroxylation is 1. The Balaban J connectivity index is 1.51. The zero-order valence-electron chi connectivity index (χ0n) is 14.6. The van der Waals surface area contributed by atoms with Crippen molar-refractivity contribution >= 4 is 45.0 Å². The minimum absolute atomic E-state index is 0.177. The van der Waals surface area contributed by atoms with E-state index in [2.05, 4.69) is 15.3 Å². The largest absolute Gasteiger partial charge is 0.497 e. The summed E-state index contributed by atoms with van der Waals surface area (Å²) in [6.07, 6.45) is 0. The zero-order chi connectivity index (χ0) is 18.8. The van der Waals surface area contributed by atoms with Crippen LogP contribution in [0.25, 0.3) is 21.1 Å². The number of ether oxygens (including phenoxy) is 1. The predicted octanol–water partition coefficient (Wildman–Crippen LogP) is 5.56. The molecule has 0 aliphatic carbocycles. The molecular weight excluding hydrogens is 398 g/mol. The molecule has 3 aromatic heterocycles. The molecule has 0 atom stereocenters. The molecule has 5 nitrogen and oxygen atoms in total. The van der Waals surface area contributed by atoms with E-state index in [0.29, 0.717) is 10.0 Å². The Bertz CT molecular complexity index is 1070. The van der Waals surface area contributed by atoms with Crippen LogP contribution in [0.1, 0.15) is 15.4 Å². The van der Waals surface area contributed by atoms with Crippen LogP contribution < -0.4 is 10.1 Å². The van der Waals surface area contributed by atoms with Crippen molar-refractivity contribution in [2.45, 2.75) is 6.92 Å². The van der Waals surface area contributed by atoms with Crippen molar-refractivity contribution in [3.8, 4) is 26.9 Å². The number of aromatic nitrogens is 2. The average molecular weight is 414 g/mol. The van der Waals surface area contributed by atoms with Gasteiger partial charge in [0.05, 0.1) is 23.4 Å². The summed E-state index contributed by atoms with van der Waals surface area (Å²) in [4.78, 5) is 23.4. The Kier molecular flexibility index (Phi) is 5.02. The fraction of sp³-hybridized carbons (Fsp3) is 0.105. The molecule has 8 heteroatoms. The van der Waals surface area contributed by atoms with Gasteiger partial charge in [0.25, 0.3) is 5.91 Å². The SMILES string of the molecule is COc1ccc(-c2csc(NC(=O)c3sc(-c4cccs4)nc3C)n2)cc1. The van der Waals surface area contributed by atoms with Gasteiger partial charge in [0.15, 0.2) is 5.13 Å². The molecule has 0 unspecified atom stereocenters. The molecule has 0 fully saturated rings. The highest BCUT2D eigenvalue weighted by Gasteiger charge is 2.18. The van der Waals surface area contributed by atoms with Crippen LogP contribution >= 0.6 is 34.0 Å². The Morgan fingerprint density at radius 1 is 1.11 bits per heavy atom. The second kappa shape index (κ2) is 7.59. The lowest BCUT2D eigenvalue weighted by Crippen LogP contribution is -2.11. The molecule has 27 heavy (non-hydrogen) atoms. The maximum atomic E-state index is 12.7. The van der Waals surface area contributed by atoms with E-state index in [-0.39, 0.29) is 5.91 Å². The second-order valence-corrected chi connectivity index (χ2v) is 8.44. The van der Waals surface area contributed by atoms with Crippen molar-refractivity contribution in [1.82, 2.24) is 9.97 Å². The van der Waals surface area contributed by atoms with Crippen molar-refractivity contribution in [1.29, 1.82) is 0 Å². The van der Waals surface area contributed by atoms with E-state index < -0.39 is 0 Å². The average Bonchev–Trinajstić information content (AvgIpc) is 3.42. The first-order valence-electron chi connectivity index (χ1n) is 8.06. The first kappa shape index (κ1) is 17.8. The molecule has 0 saturated carbocycles. The lowest BCUT2D eigenvalue weighted by molar-refractivity contribution is 0.103. The third-order valence-corrected chi connectivity index (χ3v) is 6.80. The number of hydrogen-bond acceptors (Lipinski definition) is 7. The molecule has 1 aromatic carbocycles. The van der Waals surface area contributed by atoms with E-state index in [0.717, 1.165) is 32.6 Å². The van der Waals surface area contributed by atoms with Gasteiger partial charge >= 0.3 is 0 Å². The summed E-state index contributed by atoms with van der Waals surface area (Å²) in [6, 6.07) is 11.7. The van der Waals surface area contributed by atoms with Crippen LogP contribution in [0.15, 0.2) is 47.2 Å². The molecule has 0 saturated heterocycles. The fourth-order valence-electron chi connectivity index (χ4n) is 2.49. The van der Waals surface area contributed by atoms with Gasteiger partial charge < -0.3 is 4.74 Å². The van der Waals surface area contributed by atoms with Crippen LogP contribution in [-0.2, 0) is 0 Å². The lowest BCUT2D eigenvalue weighted by atomic mass is 10.2. The van der Waals surface area contributed by atoms with E-state index in [4.69, 9.17) is 4.74 Å². The highest BCUT2D eigenvalue weighted by atomic mass is 32.1. The monoisotopic (exact) mass is 413 g/mol. The van der Waals surface area contributed by atoms with E-state index in [1.165, 1.54) is 22.7 Å². The Morgan fingerprint density at radius 3 is 2.63 bits per heavy atom. The summed E-state index contributed by atoms with van der Waals surface area (Å²) in [5.41, 5.74) is 2.52. The molecule has 1 N–H and O–H groups in total. The zero-order valence-corrected chi connectivity index (χ0v) is 17.0. The van der Waals surface area contributed by atoms with Crippen molar-refractivity contribution in [3.63, 3.8) is 0 Å². The van der Waals surface area contributed by atoms with Crippen molar-refractivity contribution in [2.75, 3.05) is 12.4 Å². The van der Waals surface area contributed by atoms with Gasteiger partial charge in [0.1, 0.15) is 15.6 Å². The van der Waals surface area contributed by atoms with Gasteiger partial charge in [0, 0.05) is 10.9 Å². The minimum atomic E-state index is -0.177. The molecule has 0 radical (unpaired) electrons. The topological polar surface area (TPSA) is 64.1 Å². The van der Waals surface area contributed by atoms with E-state index >= 15 is 0 Å². The number of amides is 1. The number of benzene rings is 1. The number of nitrogens with one attached hydrogen (secondary N) is 1. The number of carbonyl (C=O) groups is 1. The number of anilines is 1. The smallest absolute Gasteiger partial charge is 0.269 e. The molecule has 3 heterocycles. The van der Waals surface area contributed by atoms with Crippen LogP contribution in [0.2, 0.25) is 0 Å². The van der Waals surface area contributed by atoms with Crippen molar-refractivity contribution in [3.05, 3.63) is 57.7 Å². The van der Waals surface area contributed by atoms with E-state index in [9.17, 15) is 4.79 Å². The van der Waals surface area contributed by atoms with Crippen molar-refractivity contribution in [2.24, 2.45) is 0 Å².